The van der Waals surface area contributed by atoms with Gasteiger partial charge in [0.05, 0.1) is 17.8 Å². The lowest BCUT2D eigenvalue weighted by molar-refractivity contribution is 0.0944. The molecule has 0 saturated heterocycles. The number of fused-ring (bicyclic) bond motifs is 1. The van der Waals surface area contributed by atoms with Crippen molar-refractivity contribution in [2.75, 3.05) is 7.11 Å². The highest BCUT2D eigenvalue weighted by atomic mass is 35.5. The third kappa shape index (κ3) is 3.14. The Morgan fingerprint density at radius 2 is 2.00 bits per heavy atom. The quantitative estimate of drug-likeness (QED) is 0.799. The van der Waals surface area contributed by atoms with E-state index >= 15 is 0 Å². The van der Waals surface area contributed by atoms with E-state index in [0.717, 1.165) is 11.3 Å². The van der Waals surface area contributed by atoms with E-state index in [1.54, 1.807) is 29.8 Å². The summed E-state index contributed by atoms with van der Waals surface area (Å²) in [5.74, 6) is 0.598. The van der Waals surface area contributed by atoms with E-state index in [9.17, 15) is 4.79 Å². The number of hydrogen-bond donors (Lipinski definition) is 1. The molecule has 0 atom stereocenters. The van der Waals surface area contributed by atoms with E-state index in [0.29, 0.717) is 28.6 Å². The van der Waals surface area contributed by atoms with Crippen LogP contribution in [0.4, 0.5) is 0 Å². The van der Waals surface area contributed by atoms with Crippen molar-refractivity contribution in [3.8, 4) is 5.75 Å². The third-order valence-corrected chi connectivity index (χ3v) is 3.81. The highest BCUT2D eigenvalue weighted by molar-refractivity contribution is 6.30. The molecule has 0 aliphatic heterocycles. The van der Waals surface area contributed by atoms with Gasteiger partial charge in [-0.15, -0.1) is 0 Å². The summed E-state index contributed by atoms with van der Waals surface area (Å²) in [6, 6.07) is 11.1. The van der Waals surface area contributed by atoms with Crippen LogP contribution >= 0.6 is 11.6 Å². The van der Waals surface area contributed by atoms with Crippen molar-refractivity contribution in [1.82, 2.24) is 14.7 Å². The minimum Gasteiger partial charge on any atom is -0.497 e. The maximum Gasteiger partial charge on any atom is 0.270 e. The van der Waals surface area contributed by atoms with E-state index in [2.05, 4.69) is 10.3 Å². The summed E-state index contributed by atoms with van der Waals surface area (Å²) in [6.07, 6.45) is 1.69. The second kappa shape index (κ2) is 6.30. The van der Waals surface area contributed by atoms with Crippen molar-refractivity contribution >= 4 is 23.2 Å². The number of nitrogens with zero attached hydrogens (tertiary/aromatic N) is 2. The molecule has 0 aliphatic rings. The van der Waals surface area contributed by atoms with Gasteiger partial charge in [-0.2, -0.15) is 0 Å². The first-order valence-corrected chi connectivity index (χ1v) is 7.51. The Labute approximate surface area is 138 Å². The number of carbonyl (C=O) groups excluding carboxylic acids is 1. The lowest BCUT2D eigenvalue weighted by atomic mass is 10.2. The van der Waals surface area contributed by atoms with Crippen molar-refractivity contribution in [1.29, 1.82) is 0 Å². The van der Waals surface area contributed by atoms with Gasteiger partial charge in [0.25, 0.3) is 5.91 Å². The summed E-state index contributed by atoms with van der Waals surface area (Å²) in [4.78, 5) is 16.9. The number of carbonyl (C=O) groups is 1. The van der Waals surface area contributed by atoms with E-state index < -0.39 is 0 Å². The molecule has 3 aromatic rings. The number of imidazole rings is 1. The summed E-state index contributed by atoms with van der Waals surface area (Å²) < 4.78 is 6.83. The van der Waals surface area contributed by atoms with Gasteiger partial charge in [-0.1, -0.05) is 23.7 Å². The number of hydrogen-bond acceptors (Lipinski definition) is 3. The zero-order valence-electron chi connectivity index (χ0n) is 12.8. The number of aryl methyl sites for hydroxylation is 1. The highest BCUT2D eigenvalue weighted by Crippen LogP contribution is 2.16. The van der Waals surface area contributed by atoms with Gasteiger partial charge in [0.2, 0.25) is 0 Å². The zero-order valence-corrected chi connectivity index (χ0v) is 13.6. The number of benzene rings is 1. The van der Waals surface area contributed by atoms with Crippen molar-refractivity contribution in [3.63, 3.8) is 0 Å². The molecular weight excluding hydrogens is 314 g/mol. The number of rotatable bonds is 4. The van der Waals surface area contributed by atoms with E-state index in [1.807, 2.05) is 31.2 Å². The fourth-order valence-corrected chi connectivity index (χ4v) is 2.58. The molecule has 0 fully saturated rings. The third-order valence-electron chi connectivity index (χ3n) is 3.58. The van der Waals surface area contributed by atoms with Gasteiger partial charge < -0.3 is 10.1 Å². The van der Waals surface area contributed by atoms with Crippen LogP contribution in [0.25, 0.3) is 5.65 Å². The second-order valence-corrected chi connectivity index (χ2v) is 5.59. The fraction of sp³-hybridized carbons (Fsp3) is 0.176. The predicted molar refractivity (Wildman–Crippen MR) is 89.1 cm³/mol. The second-order valence-electron chi connectivity index (χ2n) is 5.15. The van der Waals surface area contributed by atoms with E-state index in [-0.39, 0.29) is 5.91 Å². The fourth-order valence-electron chi connectivity index (χ4n) is 2.42. The van der Waals surface area contributed by atoms with Gasteiger partial charge in [-0.05, 0) is 36.8 Å². The molecule has 0 spiro atoms. The summed E-state index contributed by atoms with van der Waals surface area (Å²) in [7, 11) is 1.62. The van der Waals surface area contributed by atoms with Crippen LogP contribution in [0.3, 0.4) is 0 Å². The highest BCUT2D eigenvalue weighted by Gasteiger charge is 2.16. The number of methoxy groups -OCH3 is 1. The van der Waals surface area contributed by atoms with Gasteiger partial charge >= 0.3 is 0 Å². The van der Waals surface area contributed by atoms with Crippen LogP contribution in [0.1, 0.15) is 21.7 Å². The van der Waals surface area contributed by atoms with Crippen molar-refractivity contribution < 1.29 is 9.53 Å². The van der Waals surface area contributed by atoms with Crippen LogP contribution in [-0.4, -0.2) is 22.4 Å². The molecule has 1 N–H and O–H groups in total. The first-order valence-electron chi connectivity index (χ1n) is 7.14. The molecule has 3 rings (SSSR count). The molecule has 0 radical (unpaired) electrons. The lowest BCUT2D eigenvalue weighted by Gasteiger charge is -2.07. The van der Waals surface area contributed by atoms with Crippen LogP contribution in [0.5, 0.6) is 5.75 Å². The Morgan fingerprint density at radius 1 is 1.26 bits per heavy atom. The average molecular weight is 330 g/mol. The van der Waals surface area contributed by atoms with Crippen molar-refractivity contribution in [2.24, 2.45) is 0 Å². The molecule has 5 nitrogen and oxygen atoms in total. The van der Waals surface area contributed by atoms with Crippen LogP contribution in [0, 0.1) is 6.92 Å². The number of aromatic nitrogens is 2. The molecule has 23 heavy (non-hydrogen) atoms. The normalized spacial score (nSPS) is 10.7. The maximum absolute atomic E-state index is 12.5. The topological polar surface area (TPSA) is 55.6 Å². The predicted octanol–water partition coefficient (Wildman–Crippen LogP) is 3.23. The molecule has 1 aromatic carbocycles. The molecule has 2 aromatic heterocycles. The Hall–Kier alpha value is -2.53. The molecule has 6 heteroatoms. The Morgan fingerprint density at radius 3 is 2.70 bits per heavy atom. The molecule has 0 saturated carbocycles. The molecule has 2 heterocycles. The number of pyridine rings is 1. The maximum atomic E-state index is 12.5. The van der Waals surface area contributed by atoms with Gasteiger partial charge in [-0.25, -0.2) is 4.98 Å². The SMILES string of the molecule is COc1ccc(CNC(=O)c2c(C)nc3ccc(Cl)cn23)cc1. The standard InChI is InChI=1S/C17H16ClN3O2/c1-11-16(21-10-13(18)5-8-15(21)20-11)17(22)19-9-12-3-6-14(23-2)7-4-12/h3-8,10H,9H2,1-2H3,(H,19,22). The van der Waals surface area contributed by atoms with Gasteiger partial charge in [0, 0.05) is 12.7 Å². The smallest absolute Gasteiger partial charge is 0.270 e. The summed E-state index contributed by atoms with van der Waals surface area (Å²) in [5, 5.41) is 3.46. The Balaban J connectivity index is 1.80. The van der Waals surface area contributed by atoms with Crippen LogP contribution < -0.4 is 10.1 Å². The monoisotopic (exact) mass is 329 g/mol. The first-order chi connectivity index (χ1) is 11.1. The number of halogens is 1. The minimum absolute atomic E-state index is 0.187. The van der Waals surface area contributed by atoms with Crippen molar-refractivity contribution in [3.05, 3.63) is 64.6 Å². The lowest BCUT2D eigenvalue weighted by Crippen LogP contribution is -2.25. The zero-order chi connectivity index (χ0) is 16.4. The molecule has 0 bridgehead atoms. The summed E-state index contributed by atoms with van der Waals surface area (Å²) in [6.45, 7) is 2.24. The van der Waals surface area contributed by atoms with E-state index in [4.69, 9.17) is 16.3 Å². The Bertz CT molecular complexity index is 856. The molecule has 0 aliphatic carbocycles. The summed E-state index contributed by atoms with van der Waals surface area (Å²) in [5.41, 5.74) is 2.85. The van der Waals surface area contributed by atoms with Crippen molar-refractivity contribution in [2.45, 2.75) is 13.5 Å². The molecule has 1 amide bonds. The molecule has 0 unspecified atom stereocenters. The average Bonchev–Trinajstić information content (AvgIpc) is 2.88. The largest absolute Gasteiger partial charge is 0.497 e. The number of nitrogens with one attached hydrogen (secondary N) is 1. The Kier molecular flexibility index (Phi) is 4.21. The number of ether oxygens (including phenoxy) is 1. The summed E-state index contributed by atoms with van der Waals surface area (Å²) >= 11 is 6.01. The van der Waals surface area contributed by atoms with Gasteiger partial charge in [0.15, 0.2) is 0 Å². The van der Waals surface area contributed by atoms with Crippen LogP contribution in [-0.2, 0) is 6.54 Å². The molecule has 118 valence electrons. The molecular formula is C17H16ClN3O2. The van der Waals surface area contributed by atoms with Crippen LogP contribution in [0.2, 0.25) is 5.02 Å². The van der Waals surface area contributed by atoms with Gasteiger partial charge in [-0.3, -0.25) is 9.20 Å². The minimum atomic E-state index is -0.187. The van der Waals surface area contributed by atoms with E-state index in [1.165, 1.54) is 0 Å². The first kappa shape index (κ1) is 15.4. The number of amides is 1. The van der Waals surface area contributed by atoms with Crippen LogP contribution in [0.15, 0.2) is 42.6 Å². The van der Waals surface area contributed by atoms with Gasteiger partial charge in [0.1, 0.15) is 17.1 Å².